The fourth-order valence-corrected chi connectivity index (χ4v) is 1.73. The molecule has 0 aliphatic carbocycles. The van der Waals surface area contributed by atoms with Gasteiger partial charge in [-0.2, -0.15) is 5.10 Å². The number of fused-ring (bicyclic) bond motifs is 1. The first-order valence-electron chi connectivity index (χ1n) is 5.73. The molecule has 0 amide bonds. The maximum Gasteiger partial charge on any atom is 0.186 e. The number of nitrogens with one attached hydrogen (secondary N) is 1. The second kappa shape index (κ2) is 4.57. The zero-order valence-corrected chi connectivity index (χ0v) is 10.3. The monoisotopic (exact) mass is 232 g/mol. The predicted octanol–water partition coefficient (Wildman–Crippen LogP) is 2.80. The molecule has 0 saturated heterocycles. The third kappa shape index (κ3) is 2.02. The Morgan fingerprint density at radius 1 is 1.53 bits per heavy atom. The van der Waals surface area contributed by atoms with Crippen molar-refractivity contribution >= 4 is 16.7 Å². The number of methoxy groups -OCH3 is 1. The van der Waals surface area contributed by atoms with Crippen LogP contribution in [0.2, 0.25) is 0 Å². The summed E-state index contributed by atoms with van der Waals surface area (Å²) >= 11 is 0. The highest BCUT2D eigenvalue weighted by Gasteiger charge is 2.19. The van der Waals surface area contributed by atoms with Crippen molar-refractivity contribution in [3.8, 4) is 5.75 Å². The van der Waals surface area contributed by atoms with Crippen molar-refractivity contribution in [1.29, 1.82) is 0 Å². The number of Topliss-reactive ketones (excluding diaryl/α,β-unsaturated/α-hetero) is 1. The van der Waals surface area contributed by atoms with Crippen LogP contribution in [0, 0.1) is 5.92 Å². The van der Waals surface area contributed by atoms with Gasteiger partial charge in [0.05, 0.1) is 12.6 Å². The van der Waals surface area contributed by atoms with Gasteiger partial charge in [0.1, 0.15) is 11.4 Å². The van der Waals surface area contributed by atoms with Crippen LogP contribution in [-0.2, 0) is 0 Å². The fraction of sp³-hybridized carbons (Fsp3) is 0.385. The topological polar surface area (TPSA) is 55.0 Å². The van der Waals surface area contributed by atoms with Crippen LogP contribution in [0.1, 0.15) is 30.8 Å². The Kier molecular flexibility index (Phi) is 3.13. The average Bonchev–Trinajstić information content (AvgIpc) is 2.79. The smallest absolute Gasteiger partial charge is 0.186 e. The Morgan fingerprint density at radius 3 is 2.94 bits per heavy atom. The molecule has 0 fully saturated rings. The molecule has 0 spiro atoms. The van der Waals surface area contributed by atoms with Gasteiger partial charge in [-0.15, -0.1) is 0 Å². The standard InChI is InChI=1S/C13H16N2O2/c1-4-8(2)13(16)12-10-6-5-9(17-3)7-11(10)14-15-12/h5-8H,4H2,1-3H3,(H,14,15). The van der Waals surface area contributed by atoms with Crippen LogP contribution in [0.3, 0.4) is 0 Å². The minimum atomic E-state index is 0.00333. The number of hydrogen-bond acceptors (Lipinski definition) is 3. The Hall–Kier alpha value is -1.84. The summed E-state index contributed by atoms with van der Waals surface area (Å²) in [6.07, 6.45) is 0.823. The molecule has 1 unspecified atom stereocenters. The average molecular weight is 232 g/mol. The highest BCUT2D eigenvalue weighted by atomic mass is 16.5. The molecular weight excluding hydrogens is 216 g/mol. The van der Waals surface area contributed by atoms with Gasteiger partial charge in [0.15, 0.2) is 5.78 Å². The number of rotatable bonds is 4. The van der Waals surface area contributed by atoms with E-state index in [0.29, 0.717) is 5.69 Å². The van der Waals surface area contributed by atoms with Gasteiger partial charge in [0, 0.05) is 17.4 Å². The normalized spacial score (nSPS) is 12.6. The molecule has 1 N–H and O–H groups in total. The Balaban J connectivity index is 2.46. The molecule has 0 aliphatic heterocycles. The van der Waals surface area contributed by atoms with Gasteiger partial charge in [0.2, 0.25) is 0 Å². The summed E-state index contributed by atoms with van der Waals surface area (Å²) < 4.78 is 5.13. The number of H-pyrrole nitrogens is 1. The highest BCUT2D eigenvalue weighted by molar-refractivity contribution is 6.06. The van der Waals surface area contributed by atoms with E-state index in [9.17, 15) is 4.79 Å². The van der Waals surface area contributed by atoms with E-state index < -0.39 is 0 Å². The van der Waals surface area contributed by atoms with Gasteiger partial charge in [-0.05, 0) is 18.6 Å². The first kappa shape index (κ1) is 11.6. The van der Waals surface area contributed by atoms with Crippen LogP contribution < -0.4 is 4.74 Å². The molecule has 0 bridgehead atoms. The Bertz CT molecular complexity index is 545. The predicted molar refractivity (Wildman–Crippen MR) is 66.4 cm³/mol. The molecule has 1 atom stereocenters. The second-order valence-electron chi connectivity index (χ2n) is 4.16. The molecule has 0 radical (unpaired) electrons. The number of aromatic nitrogens is 2. The number of aromatic amines is 1. The van der Waals surface area contributed by atoms with Crippen molar-refractivity contribution in [3.63, 3.8) is 0 Å². The summed E-state index contributed by atoms with van der Waals surface area (Å²) in [6.45, 7) is 3.92. The van der Waals surface area contributed by atoms with E-state index in [0.717, 1.165) is 23.1 Å². The van der Waals surface area contributed by atoms with Crippen LogP contribution in [-0.4, -0.2) is 23.1 Å². The maximum atomic E-state index is 12.1. The molecule has 1 aromatic heterocycles. The minimum absolute atomic E-state index is 0.00333. The summed E-state index contributed by atoms with van der Waals surface area (Å²) in [7, 11) is 1.61. The molecule has 0 saturated carbocycles. The molecule has 90 valence electrons. The summed E-state index contributed by atoms with van der Waals surface area (Å²) in [5.41, 5.74) is 1.35. The quantitative estimate of drug-likeness (QED) is 0.825. The molecule has 2 aromatic rings. The summed E-state index contributed by atoms with van der Waals surface area (Å²) in [4.78, 5) is 12.1. The number of nitrogens with zero attached hydrogens (tertiary/aromatic N) is 1. The number of benzene rings is 1. The van der Waals surface area contributed by atoms with Gasteiger partial charge >= 0.3 is 0 Å². The summed E-state index contributed by atoms with van der Waals surface area (Å²) in [5.74, 6) is 0.844. The molecule has 17 heavy (non-hydrogen) atoms. The van der Waals surface area contributed by atoms with Gasteiger partial charge in [0.25, 0.3) is 0 Å². The third-order valence-corrected chi connectivity index (χ3v) is 3.06. The van der Waals surface area contributed by atoms with E-state index in [1.165, 1.54) is 0 Å². The SMILES string of the molecule is CCC(C)C(=O)c1n[nH]c2cc(OC)ccc12. The van der Waals surface area contributed by atoms with E-state index >= 15 is 0 Å². The van der Waals surface area contributed by atoms with E-state index in [2.05, 4.69) is 10.2 Å². The van der Waals surface area contributed by atoms with Crippen LogP contribution in [0.5, 0.6) is 5.75 Å². The van der Waals surface area contributed by atoms with Gasteiger partial charge in [-0.25, -0.2) is 0 Å². The largest absolute Gasteiger partial charge is 0.497 e. The zero-order chi connectivity index (χ0) is 12.4. The molecule has 1 aromatic carbocycles. The van der Waals surface area contributed by atoms with Crippen molar-refractivity contribution in [3.05, 3.63) is 23.9 Å². The number of carbonyl (C=O) groups is 1. The lowest BCUT2D eigenvalue weighted by Gasteiger charge is -2.04. The lowest BCUT2D eigenvalue weighted by atomic mass is 9.99. The van der Waals surface area contributed by atoms with Crippen LogP contribution in [0.4, 0.5) is 0 Å². The van der Waals surface area contributed by atoms with E-state index in [1.807, 2.05) is 32.0 Å². The molecule has 4 nitrogen and oxygen atoms in total. The molecule has 0 aliphatic rings. The van der Waals surface area contributed by atoms with Crippen molar-refractivity contribution in [2.75, 3.05) is 7.11 Å². The van der Waals surface area contributed by atoms with Gasteiger partial charge in [-0.1, -0.05) is 13.8 Å². The number of hydrogen-bond donors (Lipinski definition) is 1. The first-order valence-corrected chi connectivity index (χ1v) is 5.73. The number of carbonyl (C=O) groups excluding carboxylic acids is 1. The lowest BCUT2D eigenvalue weighted by Crippen LogP contribution is -2.10. The lowest BCUT2D eigenvalue weighted by molar-refractivity contribution is 0.0924. The minimum Gasteiger partial charge on any atom is -0.497 e. The summed E-state index contributed by atoms with van der Waals surface area (Å²) in [5, 5.41) is 7.84. The van der Waals surface area contributed by atoms with Gasteiger partial charge in [-0.3, -0.25) is 9.89 Å². The Labute approximate surface area is 100.0 Å². The van der Waals surface area contributed by atoms with Crippen molar-refractivity contribution in [1.82, 2.24) is 10.2 Å². The van der Waals surface area contributed by atoms with Crippen molar-refractivity contribution in [2.45, 2.75) is 20.3 Å². The molecule has 4 heteroatoms. The van der Waals surface area contributed by atoms with Crippen molar-refractivity contribution in [2.24, 2.45) is 5.92 Å². The van der Waals surface area contributed by atoms with E-state index in [1.54, 1.807) is 7.11 Å². The maximum absolute atomic E-state index is 12.1. The van der Waals surface area contributed by atoms with Crippen LogP contribution in [0.15, 0.2) is 18.2 Å². The summed E-state index contributed by atoms with van der Waals surface area (Å²) in [6, 6.07) is 5.55. The van der Waals surface area contributed by atoms with E-state index in [-0.39, 0.29) is 11.7 Å². The van der Waals surface area contributed by atoms with Gasteiger partial charge < -0.3 is 4.74 Å². The Morgan fingerprint density at radius 2 is 2.29 bits per heavy atom. The zero-order valence-electron chi connectivity index (χ0n) is 10.3. The second-order valence-corrected chi connectivity index (χ2v) is 4.16. The fourth-order valence-electron chi connectivity index (χ4n) is 1.73. The molecular formula is C13H16N2O2. The third-order valence-electron chi connectivity index (χ3n) is 3.06. The van der Waals surface area contributed by atoms with Crippen LogP contribution in [0.25, 0.3) is 10.9 Å². The molecule has 2 rings (SSSR count). The number of ketones is 1. The van der Waals surface area contributed by atoms with E-state index in [4.69, 9.17) is 4.74 Å². The highest BCUT2D eigenvalue weighted by Crippen LogP contribution is 2.23. The van der Waals surface area contributed by atoms with Crippen molar-refractivity contribution < 1.29 is 9.53 Å². The molecule has 1 heterocycles. The number of ether oxygens (including phenoxy) is 1. The first-order chi connectivity index (χ1) is 8.17. The van der Waals surface area contributed by atoms with Crippen LogP contribution >= 0.6 is 0 Å².